The van der Waals surface area contributed by atoms with Crippen molar-refractivity contribution < 1.29 is 9.53 Å². The lowest BCUT2D eigenvalue weighted by atomic mass is 9.91. The summed E-state index contributed by atoms with van der Waals surface area (Å²) in [4.78, 5) is 11.7. The molecule has 0 amide bonds. The minimum Gasteiger partial charge on any atom is -0.469 e. The lowest BCUT2D eigenvalue weighted by Gasteiger charge is -2.24. The van der Waals surface area contributed by atoms with Crippen molar-refractivity contribution in [3.63, 3.8) is 0 Å². The molecule has 0 saturated heterocycles. The van der Waals surface area contributed by atoms with Crippen molar-refractivity contribution in [1.82, 2.24) is 5.32 Å². The van der Waals surface area contributed by atoms with Gasteiger partial charge in [0.2, 0.25) is 0 Å². The molecule has 0 aromatic heterocycles. The van der Waals surface area contributed by atoms with Crippen molar-refractivity contribution in [2.45, 2.75) is 19.4 Å². The number of benzene rings is 1. The van der Waals surface area contributed by atoms with E-state index >= 15 is 0 Å². The average Bonchev–Trinajstić information content (AvgIpc) is 2.36. The van der Waals surface area contributed by atoms with E-state index in [1.807, 2.05) is 38.2 Å². The zero-order valence-corrected chi connectivity index (χ0v) is 12.0. The van der Waals surface area contributed by atoms with Gasteiger partial charge in [-0.2, -0.15) is 0 Å². The Morgan fingerprint density at radius 1 is 1.41 bits per heavy atom. The van der Waals surface area contributed by atoms with Crippen LogP contribution in [0.5, 0.6) is 0 Å². The molecule has 0 heterocycles. The van der Waals surface area contributed by atoms with Gasteiger partial charge in [0.15, 0.2) is 0 Å². The normalized spacial score (nSPS) is 14.1. The molecule has 0 spiro atoms. The van der Waals surface area contributed by atoms with Crippen molar-refractivity contribution in [3.05, 3.63) is 34.3 Å². The van der Waals surface area contributed by atoms with Crippen LogP contribution < -0.4 is 5.32 Å². The van der Waals surface area contributed by atoms with Crippen LogP contribution in [-0.2, 0) is 9.53 Å². The minimum absolute atomic E-state index is 0.0134. The third-order valence-corrected chi connectivity index (χ3v) is 3.41. The van der Waals surface area contributed by atoms with Gasteiger partial charge in [0.25, 0.3) is 0 Å². The quantitative estimate of drug-likeness (QED) is 0.850. The van der Waals surface area contributed by atoms with Gasteiger partial charge in [-0.05, 0) is 31.2 Å². The predicted octanol–water partition coefficient (Wildman–Crippen LogP) is 2.91. The van der Waals surface area contributed by atoms with E-state index in [4.69, 9.17) is 4.74 Å². The monoisotopic (exact) mass is 299 g/mol. The number of halogens is 1. The van der Waals surface area contributed by atoms with Crippen LogP contribution in [0.1, 0.15) is 24.9 Å². The first kappa shape index (κ1) is 14.2. The molecule has 0 aliphatic carbocycles. The summed E-state index contributed by atoms with van der Waals surface area (Å²) in [5.41, 5.74) is 1.09. The molecule has 0 radical (unpaired) electrons. The first-order valence-corrected chi connectivity index (χ1v) is 6.43. The fourth-order valence-corrected chi connectivity index (χ4v) is 2.22. The number of hydrogen-bond donors (Lipinski definition) is 1. The Labute approximate surface area is 111 Å². The van der Waals surface area contributed by atoms with E-state index in [2.05, 4.69) is 21.2 Å². The topological polar surface area (TPSA) is 38.3 Å². The fourth-order valence-electron chi connectivity index (χ4n) is 1.96. The molecule has 2 unspecified atom stereocenters. The maximum Gasteiger partial charge on any atom is 0.310 e. The van der Waals surface area contributed by atoms with Crippen LogP contribution >= 0.6 is 15.9 Å². The van der Waals surface area contributed by atoms with E-state index in [9.17, 15) is 4.79 Å². The second-order valence-electron chi connectivity index (χ2n) is 3.86. The second-order valence-corrected chi connectivity index (χ2v) is 4.77. The summed E-state index contributed by atoms with van der Waals surface area (Å²) in [5.74, 6) is -0.332. The highest BCUT2D eigenvalue weighted by Gasteiger charge is 2.27. The number of nitrogens with one attached hydrogen (secondary N) is 1. The van der Waals surface area contributed by atoms with Crippen molar-refractivity contribution in [3.8, 4) is 0 Å². The first-order chi connectivity index (χ1) is 8.13. The maximum absolute atomic E-state index is 11.7. The van der Waals surface area contributed by atoms with Gasteiger partial charge in [-0.1, -0.05) is 35.0 Å². The number of methoxy groups -OCH3 is 1. The largest absolute Gasteiger partial charge is 0.469 e. The van der Waals surface area contributed by atoms with Gasteiger partial charge in [0, 0.05) is 10.5 Å². The zero-order chi connectivity index (χ0) is 12.8. The summed E-state index contributed by atoms with van der Waals surface area (Å²) in [7, 11) is 3.29. The lowest BCUT2D eigenvalue weighted by molar-refractivity contribution is -0.146. The van der Waals surface area contributed by atoms with Gasteiger partial charge in [0.05, 0.1) is 13.0 Å². The van der Waals surface area contributed by atoms with Gasteiger partial charge in [-0.15, -0.1) is 0 Å². The van der Waals surface area contributed by atoms with Crippen LogP contribution in [0.4, 0.5) is 0 Å². The number of rotatable bonds is 5. The summed E-state index contributed by atoms with van der Waals surface area (Å²) >= 11 is 3.40. The van der Waals surface area contributed by atoms with Crippen LogP contribution in [0.15, 0.2) is 28.7 Å². The van der Waals surface area contributed by atoms with E-state index in [0.29, 0.717) is 0 Å². The Morgan fingerprint density at radius 2 is 2.00 bits per heavy atom. The highest BCUT2D eigenvalue weighted by molar-refractivity contribution is 9.10. The molecule has 0 aliphatic rings. The molecule has 94 valence electrons. The predicted molar refractivity (Wildman–Crippen MR) is 71.7 cm³/mol. The highest BCUT2D eigenvalue weighted by Crippen LogP contribution is 2.26. The Hall–Kier alpha value is -0.870. The fraction of sp³-hybridized carbons (Fsp3) is 0.462. The van der Waals surface area contributed by atoms with E-state index in [1.54, 1.807) is 0 Å². The molecule has 2 atom stereocenters. The van der Waals surface area contributed by atoms with Crippen molar-refractivity contribution >= 4 is 21.9 Å². The van der Waals surface area contributed by atoms with Gasteiger partial charge in [0.1, 0.15) is 0 Å². The molecule has 0 saturated carbocycles. The molecule has 0 fully saturated rings. The molecule has 3 nitrogen and oxygen atoms in total. The van der Waals surface area contributed by atoms with Crippen molar-refractivity contribution in [2.75, 3.05) is 14.2 Å². The molecule has 1 aromatic rings. The van der Waals surface area contributed by atoms with Crippen molar-refractivity contribution in [1.29, 1.82) is 0 Å². The molecule has 17 heavy (non-hydrogen) atoms. The average molecular weight is 300 g/mol. The highest BCUT2D eigenvalue weighted by atomic mass is 79.9. The van der Waals surface area contributed by atoms with E-state index in [-0.39, 0.29) is 17.9 Å². The standard InChI is InChI=1S/C13H18BrNO2/c1-4-11(13(16)17-3)12(15-2)9-5-7-10(14)8-6-9/h5-8,11-12,15H,4H2,1-3H3. The van der Waals surface area contributed by atoms with Crippen LogP contribution in [0.25, 0.3) is 0 Å². The Morgan fingerprint density at radius 3 is 2.41 bits per heavy atom. The molecule has 0 bridgehead atoms. The van der Waals surface area contributed by atoms with E-state index in [0.717, 1.165) is 16.5 Å². The third-order valence-electron chi connectivity index (χ3n) is 2.89. The smallest absolute Gasteiger partial charge is 0.310 e. The summed E-state index contributed by atoms with van der Waals surface area (Å²) in [6.07, 6.45) is 0.744. The Kier molecular flexibility index (Phi) is 5.65. The van der Waals surface area contributed by atoms with Gasteiger partial charge in [-0.25, -0.2) is 0 Å². The summed E-state index contributed by atoms with van der Waals surface area (Å²) in [6.45, 7) is 1.99. The van der Waals surface area contributed by atoms with Crippen LogP contribution in [-0.4, -0.2) is 20.1 Å². The zero-order valence-electron chi connectivity index (χ0n) is 10.4. The number of carbonyl (C=O) groups is 1. The summed E-state index contributed by atoms with van der Waals surface area (Å²) in [5, 5.41) is 3.19. The van der Waals surface area contributed by atoms with Crippen LogP contribution in [0, 0.1) is 5.92 Å². The van der Waals surface area contributed by atoms with E-state index in [1.165, 1.54) is 7.11 Å². The number of hydrogen-bond acceptors (Lipinski definition) is 3. The molecule has 1 rings (SSSR count). The minimum atomic E-state index is -0.172. The third kappa shape index (κ3) is 3.54. The van der Waals surface area contributed by atoms with Gasteiger partial charge >= 0.3 is 5.97 Å². The second kappa shape index (κ2) is 6.77. The number of ether oxygens (including phenoxy) is 1. The molecule has 0 aliphatic heterocycles. The molecule has 1 aromatic carbocycles. The van der Waals surface area contributed by atoms with Gasteiger partial charge < -0.3 is 10.1 Å². The summed E-state index contributed by atoms with van der Waals surface area (Å²) in [6, 6.07) is 7.96. The van der Waals surface area contributed by atoms with Crippen LogP contribution in [0.3, 0.4) is 0 Å². The number of carbonyl (C=O) groups excluding carboxylic acids is 1. The van der Waals surface area contributed by atoms with Crippen LogP contribution in [0.2, 0.25) is 0 Å². The molecular weight excluding hydrogens is 282 g/mol. The lowest BCUT2D eigenvalue weighted by Crippen LogP contribution is -2.31. The first-order valence-electron chi connectivity index (χ1n) is 5.64. The molecule has 4 heteroatoms. The molecular formula is C13H18BrNO2. The SMILES string of the molecule is CCC(C(=O)OC)C(NC)c1ccc(Br)cc1. The Balaban J connectivity index is 2.96. The maximum atomic E-state index is 11.7. The summed E-state index contributed by atoms with van der Waals surface area (Å²) < 4.78 is 5.87. The van der Waals surface area contributed by atoms with E-state index < -0.39 is 0 Å². The Bertz CT molecular complexity index is 364. The van der Waals surface area contributed by atoms with Crippen molar-refractivity contribution in [2.24, 2.45) is 5.92 Å². The number of esters is 1. The van der Waals surface area contributed by atoms with Gasteiger partial charge in [-0.3, -0.25) is 4.79 Å². The molecule has 1 N–H and O–H groups in total.